The summed E-state index contributed by atoms with van der Waals surface area (Å²) in [5.41, 5.74) is 1.13. The van der Waals surface area contributed by atoms with Crippen LogP contribution in [0.4, 0.5) is 0 Å². The van der Waals surface area contributed by atoms with Gasteiger partial charge in [-0.15, -0.1) is 0 Å². The van der Waals surface area contributed by atoms with Crippen molar-refractivity contribution in [2.45, 2.75) is 24.0 Å². The van der Waals surface area contributed by atoms with E-state index in [0.29, 0.717) is 22.9 Å². The molecule has 112 valence electrons. The molecule has 0 bridgehead atoms. The van der Waals surface area contributed by atoms with Gasteiger partial charge in [0.15, 0.2) is 0 Å². The Kier molecular flexibility index (Phi) is 6.66. The van der Waals surface area contributed by atoms with Crippen LogP contribution in [0.3, 0.4) is 0 Å². The molecule has 0 aromatic heterocycles. The lowest BCUT2D eigenvalue weighted by Gasteiger charge is -2.16. The lowest BCUT2D eigenvalue weighted by atomic mass is 10.1. The molecule has 0 aliphatic carbocycles. The molecule has 0 aliphatic heterocycles. The molecule has 1 nitrogen and oxygen atoms in total. The van der Waals surface area contributed by atoms with Crippen molar-refractivity contribution in [3.8, 4) is 0 Å². The van der Waals surface area contributed by atoms with Gasteiger partial charge in [0.2, 0.25) is 0 Å². The van der Waals surface area contributed by atoms with E-state index < -0.39 is 11.1 Å². The topological polar surface area (TPSA) is 9.23 Å². The summed E-state index contributed by atoms with van der Waals surface area (Å²) in [4.78, 5) is 0. The predicted molar refractivity (Wildman–Crippen MR) is 90.7 cm³/mol. The Morgan fingerprint density at radius 3 is 1.33 bits per heavy atom. The number of benzene rings is 2. The fourth-order valence-corrected chi connectivity index (χ4v) is 2.78. The van der Waals surface area contributed by atoms with E-state index in [1.807, 2.05) is 48.5 Å². The maximum absolute atomic E-state index is 6.18. The third kappa shape index (κ3) is 6.06. The molecule has 2 rings (SSSR count). The third-order valence-corrected chi connectivity index (χ3v) is 3.93. The highest BCUT2D eigenvalue weighted by atomic mass is 35.5. The molecule has 0 radical (unpaired) electrons. The average Bonchev–Trinajstić information content (AvgIpc) is 2.44. The summed E-state index contributed by atoms with van der Waals surface area (Å²) in [6.45, 7) is 0. The zero-order valence-corrected chi connectivity index (χ0v) is 14.1. The summed E-state index contributed by atoms with van der Waals surface area (Å²) in [6, 6.07) is 15.0. The van der Waals surface area contributed by atoms with E-state index in [1.54, 1.807) is 0 Å². The first-order chi connectivity index (χ1) is 10.0. The molecule has 0 amide bonds. The van der Waals surface area contributed by atoms with E-state index in [4.69, 9.17) is 51.1 Å². The van der Waals surface area contributed by atoms with Gasteiger partial charge in [0.1, 0.15) is 11.1 Å². The summed E-state index contributed by atoms with van der Waals surface area (Å²) < 4.78 is 5.58. The third-order valence-electron chi connectivity index (χ3n) is 2.91. The Hall–Kier alpha value is -0.440. The highest BCUT2D eigenvalue weighted by Crippen LogP contribution is 2.19. The second kappa shape index (κ2) is 8.26. The smallest absolute Gasteiger partial charge is 0.137 e. The average molecular weight is 364 g/mol. The van der Waals surface area contributed by atoms with E-state index in [9.17, 15) is 0 Å². The van der Waals surface area contributed by atoms with Gasteiger partial charge in [-0.3, -0.25) is 0 Å². The molecule has 0 aliphatic rings. The Morgan fingerprint density at radius 1 is 0.667 bits per heavy atom. The van der Waals surface area contributed by atoms with E-state index >= 15 is 0 Å². The molecule has 2 unspecified atom stereocenters. The highest BCUT2D eigenvalue weighted by molar-refractivity contribution is 6.30. The number of ether oxygens (including phenoxy) is 1. The van der Waals surface area contributed by atoms with E-state index in [1.165, 1.54) is 0 Å². The number of halogens is 4. The SMILES string of the molecule is Clc1ccc(CC(Cl)OC(Cl)Cc2ccc(Cl)cc2)cc1. The standard InChI is InChI=1S/C16H14Cl4O/c17-13-5-1-11(2-6-13)9-15(19)21-16(20)10-12-3-7-14(18)8-4-12/h1-8,15-16H,9-10H2. The zero-order valence-electron chi connectivity index (χ0n) is 11.1. The number of alkyl halides is 2. The Labute approximate surface area is 144 Å². The Morgan fingerprint density at radius 2 is 1.00 bits per heavy atom. The fourth-order valence-electron chi connectivity index (χ4n) is 1.87. The van der Waals surface area contributed by atoms with Crippen molar-refractivity contribution >= 4 is 46.4 Å². The minimum Gasteiger partial charge on any atom is -0.343 e. The van der Waals surface area contributed by atoms with Gasteiger partial charge in [-0.2, -0.15) is 0 Å². The van der Waals surface area contributed by atoms with Gasteiger partial charge in [-0.25, -0.2) is 0 Å². The van der Waals surface area contributed by atoms with Crippen molar-refractivity contribution in [2.24, 2.45) is 0 Å². The molecule has 21 heavy (non-hydrogen) atoms. The molecule has 2 aromatic rings. The Bertz CT molecular complexity index is 502. The van der Waals surface area contributed by atoms with Gasteiger partial charge in [0, 0.05) is 22.9 Å². The van der Waals surface area contributed by atoms with Gasteiger partial charge in [-0.05, 0) is 35.4 Å². The molecule has 0 N–H and O–H groups in total. The zero-order chi connectivity index (χ0) is 15.2. The molecule has 0 saturated heterocycles. The fraction of sp³-hybridized carbons (Fsp3) is 0.250. The van der Waals surface area contributed by atoms with Crippen LogP contribution in [0.1, 0.15) is 11.1 Å². The maximum Gasteiger partial charge on any atom is 0.137 e. The molecular formula is C16H14Cl4O. The second-order valence-corrected chi connectivity index (χ2v) is 6.46. The van der Waals surface area contributed by atoms with Crippen LogP contribution in [-0.2, 0) is 17.6 Å². The van der Waals surface area contributed by atoms with Gasteiger partial charge >= 0.3 is 0 Å². The second-order valence-electron chi connectivity index (χ2n) is 4.62. The summed E-state index contributed by atoms with van der Waals surface area (Å²) in [5.74, 6) is 0. The number of hydrogen-bond acceptors (Lipinski definition) is 1. The largest absolute Gasteiger partial charge is 0.343 e. The molecule has 2 aromatic carbocycles. The van der Waals surface area contributed by atoms with Crippen molar-refractivity contribution in [3.05, 3.63) is 69.7 Å². The summed E-state index contributed by atoms with van der Waals surface area (Å²) in [5, 5.41) is 1.40. The number of hydrogen-bond donors (Lipinski definition) is 0. The van der Waals surface area contributed by atoms with Crippen molar-refractivity contribution in [1.29, 1.82) is 0 Å². The van der Waals surface area contributed by atoms with Crippen LogP contribution >= 0.6 is 46.4 Å². The summed E-state index contributed by atoms with van der Waals surface area (Å²) >= 11 is 24.0. The van der Waals surface area contributed by atoms with E-state index in [2.05, 4.69) is 0 Å². The minimum atomic E-state index is -0.485. The molecule has 5 heteroatoms. The maximum atomic E-state index is 6.18. The normalized spacial score (nSPS) is 13.9. The van der Waals surface area contributed by atoms with Crippen LogP contribution in [0.5, 0.6) is 0 Å². The lowest BCUT2D eigenvalue weighted by Crippen LogP contribution is -2.17. The predicted octanol–water partition coefficient (Wildman–Crippen LogP) is 5.93. The monoisotopic (exact) mass is 362 g/mol. The minimum absolute atomic E-state index is 0.485. The van der Waals surface area contributed by atoms with Crippen molar-refractivity contribution in [2.75, 3.05) is 0 Å². The van der Waals surface area contributed by atoms with Crippen LogP contribution in [0, 0.1) is 0 Å². The van der Waals surface area contributed by atoms with Crippen molar-refractivity contribution in [1.82, 2.24) is 0 Å². The lowest BCUT2D eigenvalue weighted by molar-refractivity contribution is 0.0825. The first-order valence-electron chi connectivity index (χ1n) is 6.45. The molecule has 0 saturated carbocycles. The van der Waals surface area contributed by atoms with Crippen LogP contribution in [0.25, 0.3) is 0 Å². The van der Waals surface area contributed by atoms with Crippen LogP contribution in [0.2, 0.25) is 10.0 Å². The number of rotatable bonds is 6. The first kappa shape index (κ1) is 16.9. The van der Waals surface area contributed by atoms with Crippen LogP contribution < -0.4 is 0 Å². The highest BCUT2D eigenvalue weighted by Gasteiger charge is 2.13. The van der Waals surface area contributed by atoms with Crippen molar-refractivity contribution < 1.29 is 4.74 Å². The van der Waals surface area contributed by atoms with Gasteiger partial charge < -0.3 is 4.74 Å². The molecule has 2 atom stereocenters. The first-order valence-corrected chi connectivity index (χ1v) is 8.08. The van der Waals surface area contributed by atoms with Crippen LogP contribution in [0.15, 0.2) is 48.5 Å². The molecule has 0 heterocycles. The summed E-state index contributed by atoms with van der Waals surface area (Å²) in [7, 11) is 0. The van der Waals surface area contributed by atoms with Gasteiger partial charge in [0.25, 0.3) is 0 Å². The summed E-state index contributed by atoms with van der Waals surface area (Å²) in [6.07, 6.45) is 1.14. The molecular weight excluding hydrogens is 350 g/mol. The Balaban J connectivity index is 1.82. The van der Waals surface area contributed by atoms with E-state index in [-0.39, 0.29) is 0 Å². The molecule has 0 fully saturated rings. The van der Waals surface area contributed by atoms with E-state index in [0.717, 1.165) is 11.1 Å². The van der Waals surface area contributed by atoms with Crippen LogP contribution in [-0.4, -0.2) is 11.1 Å². The van der Waals surface area contributed by atoms with Gasteiger partial charge in [0.05, 0.1) is 0 Å². The van der Waals surface area contributed by atoms with Gasteiger partial charge in [-0.1, -0.05) is 70.7 Å². The quantitative estimate of drug-likeness (QED) is 0.578. The van der Waals surface area contributed by atoms with Crippen molar-refractivity contribution in [3.63, 3.8) is 0 Å². The molecule has 0 spiro atoms.